The van der Waals surface area contributed by atoms with Crippen LogP contribution in [0.4, 0.5) is 5.69 Å². The van der Waals surface area contributed by atoms with Crippen molar-refractivity contribution in [3.63, 3.8) is 0 Å². The fraction of sp³-hybridized carbons (Fsp3) is 0.429. The lowest BCUT2D eigenvalue weighted by atomic mass is 10.2. The van der Waals surface area contributed by atoms with E-state index in [1.165, 1.54) is 0 Å². The van der Waals surface area contributed by atoms with E-state index in [9.17, 15) is 4.79 Å². The summed E-state index contributed by atoms with van der Waals surface area (Å²) in [6.07, 6.45) is 1.63. The van der Waals surface area contributed by atoms with Crippen molar-refractivity contribution in [3.05, 3.63) is 35.0 Å². The largest absolute Gasteiger partial charge is 0.469 e. The van der Waals surface area contributed by atoms with Gasteiger partial charge in [0.25, 0.3) is 0 Å². The van der Waals surface area contributed by atoms with Crippen molar-refractivity contribution in [2.24, 2.45) is 0 Å². The number of furan rings is 1. The lowest BCUT2D eigenvalue weighted by Gasteiger charge is -2.17. The zero-order chi connectivity index (χ0) is 14.9. The Kier molecular flexibility index (Phi) is 3.83. The van der Waals surface area contributed by atoms with Gasteiger partial charge in [0.2, 0.25) is 5.91 Å². The van der Waals surface area contributed by atoms with Crippen molar-refractivity contribution < 1.29 is 9.21 Å². The van der Waals surface area contributed by atoms with Crippen LogP contribution in [0.1, 0.15) is 22.7 Å². The summed E-state index contributed by atoms with van der Waals surface area (Å²) in [5.74, 6) is 0.816. The summed E-state index contributed by atoms with van der Waals surface area (Å²) in [7, 11) is 1.77. The first-order valence-electron chi connectivity index (χ1n) is 6.46. The predicted molar refractivity (Wildman–Crippen MR) is 76.0 cm³/mol. The van der Waals surface area contributed by atoms with Crippen LogP contribution in [0.3, 0.4) is 0 Å². The summed E-state index contributed by atoms with van der Waals surface area (Å²) >= 11 is 0. The maximum Gasteiger partial charge on any atom is 0.244 e. The second-order valence-electron chi connectivity index (χ2n) is 4.99. The summed E-state index contributed by atoms with van der Waals surface area (Å²) < 4.78 is 6.87. The Morgan fingerprint density at radius 3 is 2.65 bits per heavy atom. The number of anilines is 1. The smallest absolute Gasteiger partial charge is 0.244 e. The normalized spacial score (nSPS) is 10.8. The Morgan fingerprint density at radius 2 is 2.15 bits per heavy atom. The molecule has 2 heterocycles. The number of nitrogen functional groups attached to an aromatic ring is 1. The molecule has 20 heavy (non-hydrogen) atoms. The highest BCUT2D eigenvalue weighted by Crippen LogP contribution is 2.15. The first-order valence-corrected chi connectivity index (χ1v) is 6.46. The molecule has 6 heteroatoms. The fourth-order valence-corrected chi connectivity index (χ4v) is 2.03. The molecule has 0 spiro atoms. The SMILES string of the molecule is Cc1nn(CC(=O)N(C)Cc2ccoc2C)c(C)c1N. The number of nitrogens with zero attached hydrogens (tertiary/aromatic N) is 3. The third-order valence-corrected chi connectivity index (χ3v) is 3.52. The molecule has 2 N–H and O–H groups in total. The van der Waals surface area contributed by atoms with Crippen molar-refractivity contribution >= 4 is 11.6 Å². The molecule has 0 saturated carbocycles. The van der Waals surface area contributed by atoms with E-state index in [1.54, 1.807) is 22.9 Å². The van der Waals surface area contributed by atoms with Crippen LogP contribution >= 0.6 is 0 Å². The highest BCUT2D eigenvalue weighted by atomic mass is 16.3. The van der Waals surface area contributed by atoms with E-state index in [1.807, 2.05) is 26.8 Å². The molecular formula is C14H20N4O2. The highest BCUT2D eigenvalue weighted by Gasteiger charge is 2.15. The van der Waals surface area contributed by atoms with Gasteiger partial charge >= 0.3 is 0 Å². The number of nitrogens with two attached hydrogens (primary N) is 1. The molecule has 0 radical (unpaired) electrons. The van der Waals surface area contributed by atoms with Gasteiger partial charge in [-0.1, -0.05) is 0 Å². The van der Waals surface area contributed by atoms with Gasteiger partial charge in [0, 0.05) is 19.2 Å². The Morgan fingerprint density at radius 1 is 1.45 bits per heavy atom. The van der Waals surface area contributed by atoms with E-state index in [0.29, 0.717) is 12.2 Å². The van der Waals surface area contributed by atoms with E-state index in [2.05, 4.69) is 5.10 Å². The molecule has 0 fully saturated rings. The number of amides is 1. The first kappa shape index (κ1) is 14.2. The van der Waals surface area contributed by atoms with Crippen LogP contribution in [-0.2, 0) is 17.9 Å². The van der Waals surface area contributed by atoms with E-state index in [-0.39, 0.29) is 12.5 Å². The van der Waals surface area contributed by atoms with Crippen molar-refractivity contribution in [3.8, 4) is 0 Å². The summed E-state index contributed by atoms with van der Waals surface area (Å²) in [4.78, 5) is 13.9. The Balaban J connectivity index is 2.04. The van der Waals surface area contributed by atoms with Crippen LogP contribution in [0.2, 0.25) is 0 Å². The highest BCUT2D eigenvalue weighted by molar-refractivity contribution is 5.76. The van der Waals surface area contributed by atoms with E-state index < -0.39 is 0 Å². The molecule has 2 rings (SSSR count). The minimum absolute atomic E-state index is 0.0174. The molecular weight excluding hydrogens is 256 g/mol. The molecule has 0 saturated heterocycles. The zero-order valence-electron chi connectivity index (χ0n) is 12.3. The second-order valence-corrected chi connectivity index (χ2v) is 4.99. The second kappa shape index (κ2) is 5.40. The number of rotatable bonds is 4. The van der Waals surface area contributed by atoms with Gasteiger partial charge in [-0.2, -0.15) is 5.10 Å². The Hall–Kier alpha value is -2.24. The van der Waals surface area contributed by atoms with E-state index >= 15 is 0 Å². The Bertz CT molecular complexity index is 627. The molecule has 0 aliphatic rings. The molecule has 0 aromatic carbocycles. The molecule has 0 bridgehead atoms. The third-order valence-electron chi connectivity index (χ3n) is 3.52. The van der Waals surface area contributed by atoms with E-state index in [4.69, 9.17) is 10.2 Å². The van der Waals surface area contributed by atoms with Crippen LogP contribution in [0, 0.1) is 20.8 Å². The molecule has 6 nitrogen and oxygen atoms in total. The van der Waals surface area contributed by atoms with Crippen LogP contribution in [0.25, 0.3) is 0 Å². The van der Waals surface area contributed by atoms with Crippen molar-refractivity contribution in [2.45, 2.75) is 33.9 Å². The number of likely N-dealkylation sites (N-methyl/N-ethyl adjacent to an activating group) is 1. The van der Waals surface area contributed by atoms with Crippen molar-refractivity contribution in [1.29, 1.82) is 0 Å². The van der Waals surface area contributed by atoms with Gasteiger partial charge in [0.15, 0.2) is 0 Å². The van der Waals surface area contributed by atoms with Crippen molar-refractivity contribution in [2.75, 3.05) is 12.8 Å². The van der Waals surface area contributed by atoms with Crippen LogP contribution in [0.5, 0.6) is 0 Å². The summed E-state index contributed by atoms with van der Waals surface area (Å²) in [5.41, 5.74) is 9.09. The van der Waals surface area contributed by atoms with Gasteiger partial charge in [-0.15, -0.1) is 0 Å². The zero-order valence-corrected chi connectivity index (χ0v) is 12.3. The monoisotopic (exact) mass is 276 g/mol. The molecule has 1 amide bonds. The summed E-state index contributed by atoms with van der Waals surface area (Å²) in [5, 5.41) is 4.27. The van der Waals surface area contributed by atoms with Gasteiger partial charge in [0.1, 0.15) is 12.3 Å². The minimum Gasteiger partial charge on any atom is -0.469 e. The van der Waals surface area contributed by atoms with Crippen molar-refractivity contribution in [1.82, 2.24) is 14.7 Å². The average molecular weight is 276 g/mol. The van der Waals surface area contributed by atoms with Crippen LogP contribution in [-0.4, -0.2) is 27.6 Å². The number of hydrogen-bond acceptors (Lipinski definition) is 4. The van der Waals surface area contributed by atoms with Crippen LogP contribution < -0.4 is 5.73 Å². The number of aryl methyl sites for hydroxylation is 2. The van der Waals surface area contributed by atoms with Gasteiger partial charge in [0.05, 0.1) is 23.3 Å². The van der Waals surface area contributed by atoms with Gasteiger partial charge in [-0.05, 0) is 26.8 Å². The Labute approximate surface area is 118 Å². The minimum atomic E-state index is -0.0174. The topological polar surface area (TPSA) is 77.3 Å². The quantitative estimate of drug-likeness (QED) is 0.921. The fourth-order valence-electron chi connectivity index (χ4n) is 2.03. The summed E-state index contributed by atoms with van der Waals surface area (Å²) in [6, 6.07) is 1.88. The average Bonchev–Trinajstić information content (AvgIpc) is 2.90. The maximum atomic E-state index is 12.2. The van der Waals surface area contributed by atoms with E-state index in [0.717, 1.165) is 22.7 Å². The maximum absolute atomic E-state index is 12.2. The number of carbonyl (C=O) groups excluding carboxylic acids is 1. The molecule has 108 valence electrons. The third kappa shape index (κ3) is 2.68. The van der Waals surface area contributed by atoms with Gasteiger partial charge < -0.3 is 15.1 Å². The number of hydrogen-bond donors (Lipinski definition) is 1. The lowest BCUT2D eigenvalue weighted by molar-refractivity contribution is -0.131. The molecule has 0 aliphatic carbocycles. The molecule has 0 unspecified atom stereocenters. The summed E-state index contributed by atoms with van der Waals surface area (Å²) in [6.45, 7) is 6.30. The molecule has 0 aliphatic heterocycles. The lowest BCUT2D eigenvalue weighted by Crippen LogP contribution is -2.30. The standard InChI is InChI=1S/C14H20N4O2/c1-9-14(15)10(2)18(16-9)8-13(19)17(4)7-12-5-6-20-11(12)3/h5-6H,7-8,15H2,1-4H3. The van der Waals surface area contributed by atoms with Crippen LogP contribution in [0.15, 0.2) is 16.7 Å². The predicted octanol–water partition coefficient (Wildman–Crippen LogP) is 1.64. The van der Waals surface area contributed by atoms with Gasteiger partial charge in [-0.3, -0.25) is 9.48 Å². The molecule has 2 aromatic heterocycles. The first-order chi connectivity index (χ1) is 9.40. The molecule has 2 aromatic rings. The van der Waals surface area contributed by atoms with Gasteiger partial charge in [-0.25, -0.2) is 0 Å². The number of carbonyl (C=O) groups is 1. The number of aromatic nitrogens is 2. The molecule has 0 atom stereocenters.